The average molecular weight is 494 g/mol. The van der Waals surface area contributed by atoms with Crippen molar-refractivity contribution in [2.24, 2.45) is 0 Å². The van der Waals surface area contributed by atoms with Crippen LogP contribution in [0.15, 0.2) is 47.4 Å². The van der Waals surface area contributed by atoms with E-state index in [-0.39, 0.29) is 5.91 Å². The standard InChI is InChI=1S/C28H35N3O3S/c1-7-8-9-16-31-20(4)24(26(32)29-23-17-18(2)10-11-19(23)3)30-25(31)21-12-14-22(15-13-21)35-28(5,6)27(33)34/h10-15,17H,7-9,16H2,1-6H3,(H,29,32)(H,33,34). The van der Waals surface area contributed by atoms with Crippen LogP contribution in [0.1, 0.15) is 67.3 Å². The number of aliphatic carboxylic acids is 1. The predicted molar refractivity (Wildman–Crippen MR) is 143 cm³/mol. The number of carboxylic acid groups (broad SMARTS) is 1. The van der Waals surface area contributed by atoms with Crippen molar-refractivity contribution in [2.75, 3.05) is 5.32 Å². The average Bonchev–Trinajstić information content (AvgIpc) is 3.13. The van der Waals surface area contributed by atoms with Gasteiger partial charge in [0.05, 0.1) is 0 Å². The van der Waals surface area contributed by atoms with Crippen molar-refractivity contribution >= 4 is 29.3 Å². The Morgan fingerprint density at radius 3 is 2.37 bits per heavy atom. The molecule has 0 aliphatic rings. The van der Waals surface area contributed by atoms with Crippen molar-refractivity contribution in [3.05, 3.63) is 65.0 Å². The van der Waals surface area contributed by atoms with E-state index in [1.165, 1.54) is 11.8 Å². The predicted octanol–water partition coefficient (Wildman–Crippen LogP) is 6.87. The normalized spacial score (nSPS) is 11.5. The van der Waals surface area contributed by atoms with Gasteiger partial charge in [0.1, 0.15) is 16.3 Å². The van der Waals surface area contributed by atoms with Gasteiger partial charge in [0, 0.05) is 28.4 Å². The summed E-state index contributed by atoms with van der Waals surface area (Å²) >= 11 is 1.31. The molecule has 0 saturated heterocycles. The zero-order valence-electron chi connectivity index (χ0n) is 21.4. The van der Waals surface area contributed by atoms with Crippen molar-refractivity contribution < 1.29 is 14.7 Å². The molecule has 0 atom stereocenters. The molecule has 35 heavy (non-hydrogen) atoms. The molecule has 2 aromatic carbocycles. The number of unbranched alkanes of at least 4 members (excludes halogenated alkanes) is 2. The second-order valence-electron chi connectivity index (χ2n) is 9.44. The number of amides is 1. The minimum absolute atomic E-state index is 0.220. The molecule has 0 aliphatic heterocycles. The lowest BCUT2D eigenvalue weighted by Gasteiger charge is -2.18. The molecule has 3 aromatic rings. The third kappa shape index (κ3) is 6.34. The molecule has 6 nitrogen and oxygen atoms in total. The van der Waals surface area contributed by atoms with Crippen molar-refractivity contribution in [2.45, 2.75) is 77.0 Å². The second kappa shape index (κ2) is 11.1. The molecule has 1 aromatic heterocycles. The highest BCUT2D eigenvalue weighted by atomic mass is 32.2. The summed E-state index contributed by atoms with van der Waals surface area (Å²) in [5.41, 5.74) is 5.03. The van der Waals surface area contributed by atoms with Gasteiger partial charge in [-0.05, 0) is 70.4 Å². The largest absolute Gasteiger partial charge is 0.480 e. The summed E-state index contributed by atoms with van der Waals surface area (Å²) in [6.07, 6.45) is 3.20. The molecule has 0 saturated carbocycles. The molecular formula is C28H35N3O3S. The monoisotopic (exact) mass is 493 g/mol. The maximum Gasteiger partial charge on any atom is 0.319 e. The SMILES string of the molecule is CCCCCn1c(-c2ccc(SC(C)(C)C(=O)O)cc2)nc(C(=O)Nc2cc(C)ccc2C)c1C. The van der Waals surface area contributed by atoms with Gasteiger partial charge in [-0.3, -0.25) is 9.59 Å². The minimum Gasteiger partial charge on any atom is -0.480 e. The van der Waals surface area contributed by atoms with E-state index in [9.17, 15) is 14.7 Å². The third-order valence-corrected chi connectivity index (χ3v) is 7.26. The summed E-state index contributed by atoms with van der Waals surface area (Å²) in [7, 11) is 0. The van der Waals surface area contributed by atoms with Gasteiger partial charge in [-0.25, -0.2) is 4.98 Å². The number of aromatic nitrogens is 2. The molecule has 2 N–H and O–H groups in total. The summed E-state index contributed by atoms with van der Waals surface area (Å²) in [6.45, 7) is 12.3. The van der Waals surface area contributed by atoms with Crippen LogP contribution in [0.5, 0.6) is 0 Å². The Kier molecular flexibility index (Phi) is 8.43. The molecule has 1 heterocycles. The van der Waals surface area contributed by atoms with E-state index in [0.717, 1.165) is 64.6 Å². The Bertz CT molecular complexity index is 1210. The molecule has 3 rings (SSSR count). The molecule has 0 radical (unpaired) electrons. The van der Waals surface area contributed by atoms with E-state index in [4.69, 9.17) is 4.98 Å². The zero-order chi connectivity index (χ0) is 25.8. The Morgan fingerprint density at radius 1 is 1.06 bits per heavy atom. The van der Waals surface area contributed by atoms with E-state index in [1.54, 1.807) is 13.8 Å². The number of anilines is 1. The minimum atomic E-state index is -0.921. The highest BCUT2D eigenvalue weighted by molar-refractivity contribution is 8.01. The van der Waals surface area contributed by atoms with E-state index in [2.05, 4.69) is 16.8 Å². The van der Waals surface area contributed by atoms with Crippen LogP contribution in [0.4, 0.5) is 5.69 Å². The van der Waals surface area contributed by atoms with Gasteiger partial charge in [0.2, 0.25) is 0 Å². The van der Waals surface area contributed by atoms with Gasteiger partial charge in [-0.1, -0.05) is 44.0 Å². The van der Waals surface area contributed by atoms with Crippen LogP contribution in [-0.2, 0) is 11.3 Å². The number of carboxylic acids is 1. The number of carbonyl (C=O) groups is 2. The summed E-state index contributed by atoms with van der Waals surface area (Å²) < 4.78 is 1.20. The number of nitrogens with zero attached hydrogens (tertiary/aromatic N) is 2. The molecule has 186 valence electrons. The molecule has 1 amide bonds. The molecular weight excluding hydrogens is 458 g/mol. The first kappa shape index (κ1) is 26.5. The Labute approximate surface area is 212 Å². The topological polar surface area (TPSA) is 84.2 Å². The lowest BCUT2D eigenvalue weighted by atomic mass is 10.1. The quantitative estimate of drug-likeness (QED) is 0.238. The summed E-state index contributed by atoms with van der Waals surface area (Å²) in [6, 6.07) is 13.7. The zero-order valence-corrected chi connectivity index (χ0v) is 22.3. The Balaban J connectivity index is 1.94. The molecule has 0 aliphatic carbocycles. The number of benzene rings is 2. The molecule has 0 spiro atoms. The maximum absolute atomic E-state index is 13.3. The van der Waals surface area contributed by atoms with Gasteiger partial charge in [-0.2, -0.15) is 0 Å². The highest BCUT2D eigenvalue weighted by Crippen LogP contribution is 2.34. The lowest BCUT2D eigenvalue weighted by Crippen LogP contribution is -2.26. The lowest BCUT2D eigenvalue weighted by molar-refractivity contribution is -0.138. The Hall–Kier alpha value is -3.06. The number of hydrogen-bond donors (Lipinski definition) is 2. The van der Waals surface area contributed by atoms with E-state index < -0.39 is 10.7 Å². The first-order chi connectivity index (χ1) is 16.5. The summed E-state index contributed by atoms with van der Waals surface area (Å²) in [4.78, 5) is 30.4. The van der Waals surface area contributed by atoms with Gasteiger partial charge in [-0.15, -0.1) is 11.8 Å². The number of hydrogen-bond acceptors (Lipinski definition) is 4. The number of nitrogens with one attached hydrogen (secondary N) is 1. The molecule has 7 heteroatoms. The van der Waals surface area contributed by atoms with Gasteiger partial charge < -0.3 is 15.0 Å². The van der Waals surface area contributed by atoms with Crippen molar-refractivity contribution in [3.63, 3.8) is 0 Å². The van der Waals surface area contributed by atoms with Crippen LogP contribution in [0, 0.1) is 20.8 Å². The number of aryl methyl sites for hydroxylation is 2. The number of rotatable bonds is 10. The van der Waals surface area contributed by atoms with Crippen molar-refractivity contribution in [1.29, 1.82) is 0 Å². The fourth-order valence-electron chi connectivity index (χ4n) is 3.83. The van der Waals surface area contributed by atoms with Crippen molar-refractivity contribution in [1.82, 2.24) is 9.55 Å². The van der Waals surface area contributed by atoms with E-state index in [0.29, 0.717) is 5.69 Å². The van der Waals surface area contributed by atoms with Crippen LogP contribution in [0.2, 0.25) is 0 Å². The number of imidazole rings is 1. The van der Waals surface area contributed by atoms with E-state index >= 15 is 0 Å². The number of thioether (sulfide) groups is 1. The van der Waals surface area contributed by atoms with Crippen LogP contribution in [0.25, 0.3) is 11.4 Å². The summed E-state index contributed by atoms with van der Waals surface area (Å²) in [5, 5.41) is 12.5. The number of carbonyl (C=O) groups excluding carboxylic acids is 1. The smallest absolute Gasteiger partial charge is 0.319 e. The summed E-state index contributed by atoms with van der Waals surface area (Å²) in [5.74, 6) is -0.325. The first-order valence-electron chi connectivity index (χ1n) is 12.0. The second-order valence-corrected chi connectivity index (χ2v) is 11.1. The van der Waals surface area contributed by atoms with Gasteiger partial charge >= 0.3 is 5.97 Å². The molecule has 0 bridgehead atoms. The molecule has 0 fully saturated rings. The van der Waals surface area contributed by atoms with Gasteiger partial charge in [0.15, 0.2) is 0 Å². The van der Waals surface area contributed by atoms with Crippen LogP contribution < -0.4 is 5.32 Å². The first-order valence-corrected chi connectivity index (χ1v) is 12.8. The molecule has 0 unspecified atom stereocenters. The fourth-order valence-corrected chi connectivity index (χ4v) is 4.77. The maximum atomic E-state index is 13.3. The Morgan fingerprint density at radius 2 is 1.74 bits per heavy atom. The van der Waals surface area contributed by atoms with Gasteiger partial charge in [0.25, 0.3) is 5.91 Å². The van der Waals surface area contributed by atoms with Crippen molar-refractivity contribution in [3.8, 4) is 11.4 Å². The van der Waals surface area contributed by atoms with Crippen LogP contribution in [-0.4, -0.2) is 31.3 Å². The third-order valence-electron chi connectivity index (χ3n) is 6.06. The van der Waals surface area contributed by atoms with Crippen LogP contribution in [0.3, 0.4) is 0 Å². The van der Waals surface area contributed by atoms with Crippen LogP contribution >= 0.6 is 11.8 Å². The van der Waals surface area contributed by atoms with E-state index in [1.807, 2.05) is 63.2 Å². The highest BCUT2D eigenvalue weighted by Gasteiger charge is 2.28. The fraction of sp³-hybridized carbons (Fsp3) is 0.393.